The molecule has 0 aromatic heterocycles. The van der Waals surface area contributed by atoms with Gasteiger partial charge in [0.25, 0.3) is 0 Å². The van der Waals surface area contributed by atoms with Gasteiger partial charge in [-0.1, -0.05) is 54.2 Å². The average Bonchev–Trinajstić information content (AvgIpc) is 2.29. The molecule has 1 unspecified atom stereocenters. The normalized spacial score (nSPS) is 12.7. The highest BCUT2D eigenvalue weighted by molar-refractivity contribution is 9.10. The quantitative estimate of drug-likeness (QED) is 0.726. The molecule has 1 nitrogen and oxygen atoms in total. The van der Waals surface area contributed by atoms with Gasteiger partial charge in [0.1, 0.15) is 0 Å². The van der Waals surface area contributed by atoms with Crippen molar-refractivity contribution in [2.75, 3.05) is 0 Å². The highest BCUT2D eigenvalue weighted by atomic mass is 79.9. The summed E-state index contributed by atoms with van der Waals surface area (Å²) in [5.74, 6) is 0. The summed E-state index contributed by atoms with van der Waals surface area (Å²) >= 11 is 3.45. The van der Waals surface area contributed by atoms with E-state index in [9.17, 15) is 0 Å². The van der Waals surface area contributed by atoms with Crippen molar-refractivity contribution in [3.05, 3.63) is 34.3 Å². The Kier molecular flexibility index (Phi) is 6.74. The van der Waals surface area contributed by atoms with Crippen molar-refractivity contribution in [1.29, 1.82) is 0 Å². The Hall–Kier alpha value is -0.340. The van der Waals surface area contributed by atoms with Crippen molar-refractivity contribution in [2.45, 2.75) is 52.1 Å². The van der Waals surface area contributed by atoms with Gasteiger partial charge >= 0.3 is 0 Å². The molecule has 0 aliphatic rings. The van der Waals surface area contributed by atoms with Gasteiger partial charge in [-0.3, -0.25) is 0 Å². The molecule has 0 bridgehead atoms. The van der Waals surface area contributed by atoms with Gasteiger partial charge in [0.15, 0.2) is 0 Å². The number of hydrogen-bond donors (Lipinski definition) is 1. The minimum Gasteiger partial charge on any atom is -0.310 e. The minimum atomic E-state index is 0.621. The summed E-state index contributed by atoms with van der Waals surface area (Å²) in [4.78, 5) is 0. The molecule has 0 aliphatic carbocycles. The molecule has 0 fully saturated rings. The highest BCUT2D eigenvalue weighted by Crippen LogP contribution is 2.11. The van der Waals surface area contributed by atoms with Crippen LogP contribution in [0.2, 0.25) is 0 Å². The zero-order valence-corrected chi connectivity index (χ0v) is 11.9. The lowest BCUT2D eigenvalue weighted by Crippen LogP contribution is -2.25. The molecule has 16 heavy (non-hydrogen) atoms. The van der Waals surface area contributed by atoms with E-state index >= 15 is 0 Å². The summed E-state index contributed by atoms with van der Waals surface area (Å²) in [6.45, 7) is 5.50. The lowest BCUT2D eigenvalue weighted by molar-refractivity contribution is 0.487. The predicted molar refractivity (Wildman–Crippen MR) is 74.6 cm³/mol. The van der Waals surface area contributed by atoms with Gasteiger partial charge in [0.05, 0.1) is 0 Å². The number of hydrogen-bond acceptors (Lipinski definition) is 1. The van der Waals surface area contributed by atoms with Crippen molar-refractivity contribution < 1.29 is 0 Å². The van der Waals surface area contributed by atoms with E-state index in [0.29, 0.717) is 6.04 Å². The van der Waals surface area contributed by atoms with Crippen LogP contribution in [-0.4, -0.2) is 6.04 Å². The van der Waals surface area contributed by atoms with Crippen LogP contribution in [0.15, 0.2) is 28.7 Å². The highest BCUT2D eigenvalue weighted by Gasteiger charge is 2.00. The van der Waals surface area contributed by atoms with Crippen molar-refractivity contribution in [3.8, 4) is 0 Å². The molecule has 90 valence electrons. The Balaban J connectivity index is 2.20. The number of benzene rings is 1. The second-order valence-electron chi connectivity index (χ2n) is 4.40. The zero-order chi connectivity index (χ0) is 11.8. The Morgan fingerprint density at radius 1 is 1.19 bits per heavy atom. The maximum absolute atomic E-state index is 3.56. The van der Waals surface area contributed by atoms with Crippen LogP contribution in [0.3, 0.4) is 0 Å². The maximum Gasteiger partial charge on any atom is 0.0207 e. The van der Waals surface area contributed by atoms with E-state index in [1.807, 2.05) is 0 Å². The Bertz CT molecular complexity index is 281. The molecule has 1 aromatic carbocycles. The summed E-state index contributed by atoms with van der Waals surface area (Å²) in [5, 5.41) is 3.56. The third-order valence-electron chi connectivity index (χ3n) is 2.81. The molecule has 2 heteroatoms. The first-order valence-electron chi connectivity index (χ1n) is 6.20. The number of halogens is 1. The molecule has 0 spiro atoms. The molecule has 0 saturated carbocycles. The Morgan fingerprint density at radius 3 is 2.50 bits per heavy atom. The molecular weight excluding hydrogens is 262 g/mol. The fraction of sp³-hybridized carbons (Fsp3) is 0.571. The maximum atomic E-state index is 3.56. The average molecular weight is 284 g/mol. The van der Waals surface area contributed by atoms with E-state index in [0.717, 1.165) is 11.0 Å². The fourth-order valence-corrected chi connectivity index (χ4v) is 1.96. The molecular formula is C14H22BrN. The molecule has 1 N–H and O–H groups in total. The molecule has 1 rings (SSSR count). The second-order valence-corrected chi connectivity index (χ2v) is 5.32. The number of unbranched alkanes of at least 4 members (excludes halogenated alkanes) is 2. The van der Waals surface area contributed by atoms with E-state index < -0.39 is 0 Å². The lowest BCUT2D eigenvalue weighted by atomic mass is 10.1. The third-order valence-corrected chi connectivity index (χ3v) is 3.34. The van der Waals surface area contributed by atoms with Gasteiger partial charge in [-0.05, 0) is 31.0 Å². The molecule has 1 atom stereocenters. The van der Waals surface area contributed by atoms with Gasteiger partial charge < -0.3 is 5.32 Å². The van der Waals surface area contributed by atoms with Crippen LogP contribution in [0.25, 0.3) is 0 Å². The smallest absolute Gasteiger partial charge is 0.0207 e. The van der Waals surface area contributed by atoms with Gasteiger partial charge in [-0.15, -0.1) is 0 Å². The molecule has 0 saturated heterocycles. The van der Waals surface area contributed by atoms with Gasteiger partial charge in [0.2, 0.25) is 0 Å². The first-order chi connectivity index (χ1) is 7.72. The van der Waals surface area contributed by atoms with E-state index in [4.69, 9.17) is 0 Å². The SMILES string of the molecule is CCCCCC(C)NCc1ccc(Br)cc1. The molecule has 0 amide bonds. The Morgan fingerprint density at radius 2 is 1.88 bits per heavy atom. The molecule has 1 aromatic rings. The third kappa shape index (κ3) is 5.66. The summed E-state index contributed by atoms with van der Waals surface area (Å²) < 4.78 is 1.15. The van der Waals surface area contributed by atoms with E-state index in [1.165, 1.54) is 31.2 Å². The van der Waals surface area contributed by atoms with Crippen molar-refractivity contribution in [3.63, 3.8) is 0 Å². The first-order valence-corrected chi connectivity index (χ1v) is 6.99. The second kappa shape index (κ2) is 7.86. The molecule has 0 aliphatic heterocycles. The summed E-state index contributed by atoms with van der Waals surface area (Å²) in [6, 6.07) is 9.14. The summed E-state index contributed by atoms with van der Waals surface area (Å²) in [6.07, 6.45) is 5.28. The standard InChI is InChI=1S/C14H22BrN/c1-3-4-5-6-12(2)16-11-13-7-9-14(15)10-8-13/h7-10,12,16H,3-6,11H2,1-2H3. The molecule has 0 radical (unpaired) electrons. The fourth-order valence-electron chi connectivity index (χ4n) is 1.70. The zero-order valence-electron chi connectivity index (χ0n) is 10.3. The van der Waals surface area contributed by atoms with Crippen LogP contribution in [0.1, 0.15) is 45.1 Å². The van der Waals surface area contributed by atoms with Crippen LogP contribution in [0, 0.1) is 0 Å². The van der Waals surface area contributed by atoms with Crippen molar-refractivity contribution in [2.24, 2.45) is 0 Å². The van der Waals surface area contributed by atoms with Gasteiger partial charge in [0, 0.05) is 17.1 Å². The largest absolute Gasteiger partial charge is 0.310 e. The van der Waals surface area contributed by atoms with Gasteiger partial charge in [-0.2, -0.15) is 0 Å². The number of rotatable bonds is 7. The predicted octanol–water partition coefficient (Wildman–Crippen LogP) is 4.51. The van der Waals surface area contributed by atoms with Crippen LogP contribution < -0.4 is 5.32 Å². The van der Waals surface area contributed by atoms with Gasteiger partial charge in [-0.25, -0.2) is 0 Å². The lowest BCUT2D eigenvalue weighted by Gasteiger charge is -2.13. The van der Waals surface area contributed by atoms with E-state index in [1.54, 1.807) is 0 Å². The van der Waals surface area contributed by atoms with Crippen LogP contribution >= 0.6 is 15.9 Å². The van der Waals surface area contributed by atoms with Crippen molar-refractivity contribution >= 4 is 15.9 Å². The van der Waals surface area contributed by atoms with Crippen LogP contribution in [-0.2, 0) is 6.54 Å². The van der Waals surface area contributed by atoms with Crippen LogP contribution in [0.4, 0.5) is 0 Å². The summed E-state index contributed by atoms with van der Waals surface area (Å²) in [7, 11) is 0. The molecule has 0 heterocycles. The summed E-state index contributed by atoms with van der Waals surface area (Å²) in [5.41, 5.74) is 1.35. The topological polar surface area (TPSA) is 12.0 Å². The Labute approximate surface area is 108 Å². The van der Waals surface area contributed by atoms with Crippen LogP contribution in [0.5, 0.6) is 0 Å². The minimum absolute atomic E-state index is 0.621. The monoisotopic (exact) mass is 283 g/mol. The van der Waals surface area contributed by atoms with E-state index in [2.05, 4.69) is 59.4 Å². The number of nitrogens with one attached hydrogen (secondary N) is 1. The first kappa shape index (κ1) is 13.7. The van der Waals surface area contributed by atoms with E-state index in [-0.39, 0.29) is 0 Å². The van der Waals surface area contributed by atoms with Crippen molar-refractivity contribution in [1.82, 2.24) is 5.32 Å².